The quantitative estimate of drug-likeness (QED) is 0.365. The van der Waals surface area contributed by atoms with Crippen LogP contribution in [-0.2, 0) is 11.3 Å². The number of aromatic nitrogens is 2. The normalized spacial score (nSPS) is 10.9. The summed E-state index contributed by atoms with van der Waals surface area (Å²) in [4.78, 5) is 30.2. The molecule has 0 atom stereocenters. The van der Waals surface area contributed by atoms with Crippen LogP contribution in [0.1, 0.15) is 11.1 Å². The third kappa shape index (κ3) is 4.83. The Balaban J connectivity index is 1.58. The number of fused-ring (bicyclic) bond motifs is 1. The highest BCUT2D eigenvalue weighted by Crippen LogP contribution is 2.21. The molecule has 1 amide bonds. The van der Waals surface area contributed by atoms with E-state index in [1.165, 1.54) is 23.9 Å². The number of hydrogen-bond donors (Lipinski definition) is 1. The first kappa shape index (κ1) is 20.8. The van der Waals surface area contributed by atoms with Gasteiger partial charge in [0.2, 0.25) is 5.91 Å². The van der Waals surface area contributed by atoms with E-state index in [4.69, 9.17) is 0 Å². The van der Waals surface area contributed by atoms with Gasteiger partial charge in [0, 0.05) is 6.54 Å². The molecule has 0 aliphatic heterocycles. The fourth-order valence-corrected chi connectivity index (χ4v) is 3.96. The number of nitrogens with one attached hydrogen (secondary N) is 1. The second kappa shape index (κ2) is 9.14. The third-order valence-electron chi connectivity index (χ3n) is 4.77. The lowest BCUT2D eigenvalue weighted by molar-refractivity contribution is -0.118. The smallest absolute Gasteiger partial charge is 0.266 e. The van der Waals surface area contributed by atoms with Crippen molar-refractivity contribution in [2.45, 2.75) is 18.6 Å². The van der Waals surface area contributed by atoms with Crippen LogP contribution in [0.25, 0.3) is 16.6 Å². The number of carbonyl (C=O) groups is 1. The van der Waals surface area contributed by atoms with Crippen molar-refractivity contribution in [2.75, 3.05) is 5.75 Å². The summed E-state index contributed by atoms with van der Waals surface area (Å²) in [6.07, 6.45) is 0. The van der Waals surface area contributed by atoms with Crippen LogP contribution in [0, 0.1) is 12.7 Å². The summed E-state index contributed by atoms with van der Waals surface area (Å²) in [5.41, 5.74) is 3.00. The molecule has 5 nitrogen and oxygen atoms in total. The molecule has 1 heterocycles. The Kier molecular flexibility index (Phi) is 6.13. The molecule has 0 unspecified atom stereocenters. The lowest BCUT2D eigenvalue weighted by Gasteiger charge is -2.13. The van der Waals surface area contributed by atoms with Crippen LogP contribution in [0.2, 0.25) is 0 Å². The predicted molar refractivity (Wildman–Crippen MR) is 121 cm³/mol. The molecule has 31 heavy (non-hydrogen) atoms. The zero-order chi connectivity index (χ0) is 21.8. The van der Waals surface area contributed by atoms with Gasteiger partial charge in [0.05, 0.1) is 22.3 Å². The van der Waals surface area contributed by atoms with Crippen LogP contribution < -0.4 is 10.9 Å². The van der Waals surface area contributed by atoms with E-state index in [1.54, 1.807) is 34.9 Å². The van der Waals surface area contributed by atoms with Crippen LogP contribution in [0.15, 0.2) is 82.7 Å². The van der Waals surface area contributed by atoms with E-state index in [-0.39, 0.29) is 23.0 Å². The number of aryl methyl sites for hydroxylation is 1. The summed E-state index contributed by atoms with van der Waals surface area (Å²) >= 11 is 1.20. The van der Waals surface area contributed by atoms with Gasteiger partial charge in [-0.05, 0) is 48.9 Å². The summed E-state index contributed by atoms with van der Waals surface area (Å²) in [5.74, 6) is -0.424. The molecule has 4 rings (SSSR count). The molecule has 0 bridgehead atoms. The topological polar surface area (TPSA) is 64.0 Å². The summed E-state index contributed by atoms with van der Waals surface area (Å²) in [5, 5.41) is 3.78. The van der Waals surface area contributed by atoms with Crippen molar-refractivity contribution in [3.8, 4) is 5.69 Å². The number of amides is 1. The molecular formula is C24H20FN3O2S. The molecule has 0 saturated carbocycles. The van der Waals surface area contributed by atoms with Crippen molar-refractivity contribution < 1.29 is 9.18 Å². The molecule has 0 aliphatic rings. The van der Waals surface area contributed by atoms with Gasteiger partial charge in [-0.3, -0.25) is 14.2 Å². The maximum atomic E-state index is 13.2. The van der Waals surface area contributed by atoms with Gasteiger partial charge in [0.1, 0.15) is 5.82 Å². The van der Waals surface area contributed by atoms with Crippen molar-refractivity contribution in [3.05, 3.63) is 100 Å². The highest BCUT2D eigenvalue weighted by Gasteiger charge is 2.14. The zero-order valence-electron chi connectivity index (χ0n) is 16.8. The number of para-hydroxylation sites is 1. The van der Waals surface area contributed by atoms with E-state index in [0.717, 1.165) is 11.1 Å². The van der Waals surface area contributed by atoms with Crippen LogP contribution in [0.3, 0.4) is 0 Å². The summed E-state index contributed by atoms with van der Waals surface area (Å²) in [6.45, 7) is 2.28. The van der Waals surface area contributed by atoms with Gasteiger partial charge in [-0.1, -0.05) is 53.7 Å². The largest absolute Gasteiger partial charge is 0.351 e. The van der Waals surface area contributed by atoms with Gasteiger partial charge in [0.25, 0.3) is 5.56 Å². The number of hydrogen-bond acceptors (Lipinski definition) is 4. The van der Waals surface area contributed by atoms with Gasteiger partial charge in [-0.25, -0.2) is 9.37 Å². The number of nitrogens with zero attached hydrogens (tertiary/aromatic N) is 2. The van der Waals surface area contributed by atoms with Crippen molar-refractivity contribution in [2.24, 2.45) is 0 Å². The van der Waals surface area contributed by atoms with Gasteiger partial charge in [-0.15, -0.1) is 0 Å². The van der Waals surface area contributed by atoms with E-state index in [0.29, 0.717) is 28.3 Å². The van der Waals surface area contributed by atoms with Crippen molar-refractivity contribution >= 4 is 28.6 Å². The lowest BCUT2D eigenvalue weighted by atomic mass is 10.2. The standard InChI is InChI=1S/C24H20FN3O2S/c1-16-6-12-19(13-7-16)28-23(30)20-4-2-3-5-21(20)27-24(28)31-15-22(29)26-14-17-8-10-18(25)11-9-17/h2-13H,14-15H2,1H3,(H,26,29). The average Bonchev–Trinajstić information content (AvgIpc) is 2.78. The summed E-state index contributed by atoms with van der Waals surface area (Å²) < 4.78 is 14.6. The minimum absolute atomic E-state index is 0.0951. The Bertz CT molecular complexity index is 1290. The monoisotopic (exact) mass is 433 g/mol. The third-order valence-corrected chi connectivity index (χ3v) is 5.71. The SMILES string of the molecule is Cc1ccc(-n2c(SCC(=O)NCc3ccc(F)cc3)nc3ccccc3c2=O)cc1. The first-order chi connectivity index (χ1) is 15.0. The average molecular weight is 434 g/mol. The highest BCUT2D eigenvalue weighted by atomic mass is 32.2. The molecule has 7 heteroatoms. The van der Waals surface area contributed by atoms with Gasteiger partial charge < -0.3 is 5.32 Å². The Labute approximate surface area is 182 Å². The maximum Gasteiger partial charge on any atom is 0.266 e. The number of halogens is 1. The molecule has 4 aromatic rings. The first-order valence-corrected chi connectivity index (χ1v) is 10.7. The van der Waals surface area contributed by atoms with E-state index in [1.807, 2.05) is 37.3 Å². The Morgan fingerprint density at radius 3 is 2.48 bits per heavy atom. The molecule has 0 spiro atoms. The molecule has 156 valence electrons. The van der Waals surface area contributed by atoms with Crippen molar-refractivity contribution in [3.63, 3.8) is 0 Å². The molecular weight excluding hydrogens is 413 g/mol. The fourth-order valence-electron chi connectivity index (χ4n) is 3.11. The Hall–Kier alpha value is -3.45. The second-order valence-electron chi connectivity index (χ2n) is 7.08. The van der Waals surface area contributed by atoms with E-state index >= 15 is 0 Å². The Morgan fingerprint density at radius 2 is 1.74 bits per heavy atom. The van der Waals surface area contributed by atoms with Crippen LogP contribution in [-0.4, -0.2) is 21.2 Å². The zero-order valence-corrected chi connectivity index (χ0v) is 17.7. The van der Waals surface area contributed by atoms with E-state index < -0.39 is 0 Å². The van der Waals surface area contributed by atoms with Crippen molar-refractivity contribution in [1.82, 2.24) is 14.9 Å². The summed E-state index contributed by atoms with van der Waals surface area (Å²) in [7, 11) is 0. The molecule has 3 aromatic carbocycles. The van der Waals surface area contributed by atoms with Gasteiger partial charge in [-0.2, -0.15) is 0 Å². The van der Waals surface area contributed by atoms with E-state index in [2.05, 4.69) is 10.3 Å². The number of thioether (sulfide) groups is 1. The van der Waals surface area contributed by atoms with Gasteiger partial charge >= 0.3 is 0 Å². The number of rotatable bonds is 6. The van der Waals surface area contributed by atoms with Crippen molar-refractivity contribution in [1.29, 1.82) is 0 Å². The van der Waals surface area contributed by atoms with Crippen LogP contribution in [0.4, 0.5) is 4.39 Å². The van der Waals surface area contributed by atoms with E-state index in [9.17, 15) is 14.0 Å². The van der Waals surface area contributed by atoms with Crippen LogP contribution in [0.5, 0.6) is 0 Å². The second-order valence-corrected chi connectivity index (χ2v) is 8.02. The number of benzene rings is 3. The maximum absolute atomic E-state index is 13.2. The minimum atomic E-state index is -0.318. The molecule has 0 aliphatic carbocycles. The molecule has 1 aromatic heterocycles. The predicted octanol–water partition coefficient (Wildman–Crippen LogP) is 4.24. The minimum Gasteiger partial charge on any atom is -0.351 e. The molecule has 0 radical (unpaired) electrons. The molecule has 1 N–H and O–H groups in total. The first-order valence-electron chi connectivity index (χ1n) is 9.74. The molecule has 0 fully saturated rings. The Morgan fingerprint density at radius 1 is 1.03 bits per heavy atom. The molecule has 0 saturated heterocycles. The highest BCUT2D eigenvalue weighted by molar-refractivity contribution is 7.99. The van der Waals surface area contributed by atoms with Crippen LogP contribution >= 0.6 is 11.8 Å². The lowest BCUT2D eigenvalue weighted by Crippen LogP contribution is -2.26. The number of carbonyl (C=O) groups excluding carboxylic acids is 1. The summed E-state index contributed by atoms with van der Waals surface area (Å²) in [6, 6.07) is 20.7. The van der Waals surface area contributed by atoms with Gasteiger partial charge in [0.15, 0.2) is 5.16 Å². The fraction of sp³-hybridized carbons (Fsp3) is 0.125.